The fourth-order valence-electron chi connectivity index (χ4n) is 6.38. The third kappa shape index (κ3) is 28.8. The minimum atomic E-state index is -5.15. The Bertz CT molecular complexity index is 1380. The van der Waals surface area contributed by atoms with Crippen LogP contribution < -0.4 is 0 Å². The number of hydrogen-bond acceptors (Lipinski definition) is 13. The van der Waals surface area contributed by atoms with E-state index in [1.165, 1.54) is 19.3 Å². The number of esters is 2. The summed E-state index contributed by atoms with van der Waals surface area (Å²) in [6, 6.07) is 0. The molecule has 15 heteroatoms. The second-order valence-electron chi connectivity index (χ2n) is 15.7. The molecule has 1 saturated carbocycles. The van der Waals surface area contributed by atoms with Gasteiger partial charge in [-0.2, -0.15) is 0 Å². The molecule has 1 rings (SSSR count). The van der Waals surface area contributed by atoms with Crippen LogP contribution in [0.25, 0.3) is 0 Å². The molecule has 0 bridgehead atoms. The number of unbranched alkanes of at least 4 members (excludes halogenated alkanes) is 9. The number of phosphoric acid groups is 1. The van der Waals surface area contributed by atoms with E-state index in [1.54, 1.807) is 0 Å². The lowest BCUT2D eigenvalue weighted by molar-refractivity contribution is -0.220. The number of allylic oxidation sites excluding steroid dienone is 11. The molecule has 0 aromatic heterocycles. The molecule has 7 N–H and O–H groups in total. The number of carbonyl (C=O) groups is 2. The van der Waals surface area contributed by atoms with Gasteiger partial charge in [0.2, 0.25) is 0 Å². The van der Waals surface area contributed by atoms with E-state index in [9.17, 15) is 49.7 Å². The summed E-state index contributed by atoms with van der Waals surface area (Å²) in [7, 11) is -5.15. The molecular formula is C47H79O14P. The molecule has 0 amide bonds. The van der Waals surface area contributed by atoms with E-state index in [2.05, 4.69) is 62.5 Å². The highest BCUT2D eigenvalue weighted by atomic mass is 31.2. The van der Waals surface area contributed by atoms with Gasteiger partial charge < -0.3 is 45.0 Å². The Balaban J connectivity index is 2.54. The van der Waals surface area contributed by atoms with E-state index in [1.807, 2.05) is 24.3 Å². The Morgan fingerprint density at radius 3 is 1.60 bits per heavy atom. The van der Waals surface area contributed by atoms with Crippen molar-refractivity contribution in [3.63, 3.8) is 0 Å². The fourth-order valence-corrected chi connectivity index (χ4v) is 7.35. The lowest BCUT2D eigenvalue weighted by Gasteiger charge is -2.41. The average Bonchev–Trinajstić information content (AvgIpc) is 3.24. The van der Waals surface area contributed by atoms with Gasteiger partial charge in [-0.25, -0.2) is 4.57 Å². The zero-order valence-electron chi connectivity index (χ0n) is 37.2. The van der Waals surface area contributed by atoms with Crippen LogP contribution in [-0.2, 0) is 32.7 Å². The van der Waals surface area contributed by atoms with Gasteiger partial charge in [0.15, 0.2) is 6.10 Å². The Labute approximate surface area is 370 Å². The summed E-state index contributed by atoms with van der Waals surface area (Å²) < 4.78 is 33.4. The van der Waals surface area contributed by atoms with E-state index in [-0.39, 0.29) is 18.9 Å². The van der Waals surface area contributed by atoms with Crippen LogP contribution in [0.1, 0.15) is 149 Å². The molecule has 0 aromatic carbocycles. The van der Waals surface area contributed by atoms with Gasteiger partial charge >= 0.3 is 19.8 Å². The second-order valence-corrected chi connectivity index (χ2v) is 17.1. The lowest BCUT2D eigenvalue weighted by Crippen LogP contribution is -2.64. The zero-order chi connectivity index (χ0) is 45.9. The summed E-state index contributed by atoms with van der Waals surface area (Å²) in [4.78, 5) is 35.7. The van der Waals surface area contributed by atoms with Gasteiger partial charge in [0.1, 0.15) is 43.2 Å². The summed E-state index contributed by atoms with van der Waals surface area (Å²) in [5.74, 6) is -1.21. The van der Waals surface area contributed by atoms with Crippen molar-refractivity contribution in [2.75, 3.05) is 13.2 Å². The molecule has 62 heavy (non-hydrogen) atoms. The maximum Gasteiger partial charge on any atom is 0.472 e. The number of phosphoric ester groups is 1. The van der Waals surface area contributed by atoms with Gasteiger partial charge in [0, 0.05) is 12.8 Å². The Morgan fingerprint density at radius 1 is 0.565 bits per heavy atom. The molecule has 1 aliphatic carbocycles. The van der Waals surface area contributed by atoms with Crippen LogP contribution in [0.2, 0.25) is 0 Å². The minimum Gasteiger partial charge on any atom is -0.462 e. The first-order valence-corrected chi connectivity index (χ1v) is 24.3. The summed E-state index contributed by atoms with van der Waals surface area (Å²) in [5.41, 5.74) is 0. The van der Waals surface area contributed by atoms with E-state index < -0.39 is 75.7 Å². The number of carbonyl (C=O) groups excluding carboxylic acids is 2. The van der Waals surface area contributed by atoms with Crippen LogP contribution in [-0.4, -0.2) is 110 Å². The van der Waals surface area contributed by atoms with Gasteiger partial charge in [-0.05, 0) is 83.5 Å². The molecule has 0 heterocycles. The van der Waals surface area contributed by atoms with Crippen molar-refractivity contribution in [1.29, 1.82) is 0 Å². The molecular weight excluding hydrogens is 819 g/mol. The number of aliphatic hydroxyl groups excluding tert-OH is 6. The van der Waals surface area contributed by atoms with Crippen molar-refractivity contribution in [2.24, 2.45) is 0 Å². The smallest absolute Gasteiger partial charge is 0.462 e. The first-order valence-electron chi connectivity index (χ1n) is 22.8. The van der Waals surface area contributed by atoms with E-state index >= 15 is 0 Å². The van der Waals surface area contributed by atoms with Crippen molar-refractivity contribution in [3.05, 3.63) is 72.9 Å². The van der Waals surface area contributed by atoms with Gasteiger partial charge in [0.05, 0.1) is 12.7 Å². The van der Waals surface area contributed by atoms with Gasteiger partial charge in [0.25, 0.3) is 0 Å². The quantitative estimate of drug-likeness (QED) is 0.0138. The molecule has 4 unspecified atom stereocenters. The first-order chi connectivity index (χ1) is 29.8. The first kappa shape index (κ1) is 57.3. The highest BCUT2D eigenvalue weighted by Gasteiger charge is 2.51. The Kier molecular flexibility index (Phi) is 33.8. The molecule has 0 saturated heterocycles. The third-order valence-corrected chi connectivity index (χ3v) is 11.1. The number of ether oxygens (including phenoxy) is 2. The van der Waals surface area contributed by atoms with E-state index in [4.69, 9.17) is 18.5 Å². The minimum absolute atomic E-state index is 0.000750. The second kappa shape index (κ2) is 36.6. The largest absolute Gasteiger partial charge is 0.472 e. The molecule has 1 aliphatic rings. The van der Waals surface area contributed by atoms with Crippen LogP contribution >= 0.6 is 7.82 Å². The molecule has 0 aromatic rings. The Hall–Kier alpha value is -2.75. The standard InChI is InChI=1S/C47H79O14P/c1-3-5-6-7-8-9-10-11-12-15-18-21-24-27-30-34-40(49)58-36-39(37-59-62(56,57)61-47-45(54)43(52)42(51)44(53)46(47)55)60-41(50)35-31-28-25-22-19-16-13-14-17-20-23-26-29-33-38(48)32-4-2/h8-9,11-13,16-17,20,22,25-26,29,38-39,42-48,51-55H,3-7,10,14-15,18-19,21,23-24,27-28,30-37H2,1-2H3,(H,56,57)/b9-8-,12-11-,16-13-,20-17-,25-22-,29-26-/t38?,39-,42?,43-,44+,45-,46-,47?/m1/s1. The zero-order valence-corrected chi connectivity index (χ0v) is 38.1. The van der Waals surface area contributed by atoms with Crippen molar-refractivity contribution < 1.29 is 68.2 Å². The van der Waals surface area contributed by atoms with Gasteiger partial charge in [-0.15, -0.1) is 0 Å². The molecule has 0 radical (unpaired) electrons. The van der Waals surface area contributed by atoms with Crippen molar-refractivity contribution in [3.8, 4) is 0 Å². The maximum absolute atomic E-state index is 12.8. The van der Waals surface area contributed by atoms with E-state index in [0.29, 0.717) is 25.7 Å². The van der Waals surface area contributed by atoms with Crippen LogP contribution in [0.4, 0.5) is 0 Å². The third-order valence-electron chi connectivity index (χ3n) is 10.1. The summed E-state index contributed by atoms with van der Waals surface area (Å²) in [6.45, 7) is 3.00. The fraction of sp³-hybridized carbons (Fsp3) is 0.702. The molecule has 0 aliphatic heterocycles. The van der Waals surface area contributed by atoms with Gasteiger partial charge in [-0.3, -0.25) is 18.6 Å². The molecule has 1 fully saturated rings. The van der Waals surface area contributed by atoms with Crippen LogP contribution in [0.15, 0.2) is 72.9 Å². The van der Waals surface area contributed by atoms with E-state index in [0.717, 1.165) is 77.0 Å². The predicted octanol–water partition coefficient (Wildman–Crippen LogP) is 7.69. The van der Waals surface area contributed by atoms with Crippen LogP contribution in [0.3, 0.4) is 0 Å². The lowest BCUT2D eigenvalue weighted by atomic mass is 9.85. The topological polar surface area (TPSA) is 230 Å². The van der Waals surface area contributed by atoms with Crippen molar-refractivity contribution in [1.82, 2.24) is 0 Å². The van der Waals surface area contributed by atoms with Crippen molar-refractivity contribution in [2.45, 2.75) is 198 Å². The highest BCUT2D eigenvalue weighted by molar-refractivity contribution is 7.47. The maximum atomic E-state index is 12.8. The number of rotatable bonds is 36. The van der Waals surface area contributed by atoms with Crippen molar-refractivity contribution >= 4 is 19.8 Å². The number of hydrogen-bond donors (Lipinski definition) is 7. The Morgan fingerprint density at radius 2 is 1.03 bits per heavy atom. The van der Waals surface area contributed by atoms with Crippen LogP contribution in [0.5, 0.6) is 0 Å². The molecule has 9 atom stereocenters. The van der Waals surface area contributed by atoms with Gasteiger partial charge in [-0.1, -0.05) is 125 Å². The number of aliphatic hydroxyl groups is 6. The summed E-state index contributed by atoms with van der Waals surface area (Å²) >= 11 is 0. The SMILES string of the molecule is CCCCC/C=C\C/C=C\CCCCCCCC(=O)OC[C@H](COP(=O)(O)OC1[C@H](O)[C@H](O)C(O)[C@H](O)[C@H]1O)OC(=O)CCC/C=C\C/C=C\C/C=C\C/C=C\CC(O)CCC. The molecule has 0 spiro atoms. The van der Waals surface area contributed by atoms with Crippen LogP contribution in [0, 0.1) is 0 Å². The summed E-state index contributed by atoms with van der Waals surface area (Å²) in [6.07, 6.45) is 28.7. The summed E-state index contributed by atoms with van der Waals surface area (Å²) in [5, 5.41) is 59.9. The molecule has 14 nitrogen and oxygen atoms in total. The molecule has 356 valence electrons. The monoisotopic (exact) mass is 899 g/mol. The average molecular weight is 899 g/mol. The highest BCUT2D eigenvalue weighted by Crippen LogP contribution is 2.47. The predicted molar refractivity (Wildman–Crippen MR) is 241 cm³/mol. The normalized spacial score (nSPS) is 23.0.